The number of thiophene rings is 1. The van der Waals surface area contributed by atoms with Gasteiger partial charge in [0, 0.05) is 5.56 Å². The third kappa shape index (κ3) is 6.39. The van der Waals surface area contributed by atoms with Crippen molar-refractivity contribution in [2.24, 2.45) is 0 Å². The van der Waals surface area contributed by atoms with Crippen LogP contribution in [0.5, 0.6) is 0 Å². The Bertz CT molecular complexity index is 390. The van der Waals surface area contributed by atoms with E-state index in [1.807, 2.05) is 16.8 Å². The van der Waals surface area contributed by atoms with Gasteiger partial charge in [0.2, 0.25) is 0 Å². The molecule has 100 valence electrons. The Balaban J connectivity index is 2.19. The standard InChI is InChI=1S/C13H18O4S/c1-13(2,3)17-12(15)5-4-11(14)16-8-10-6-7-18-9-10/h6-7,9H,4-5,8H2,1-3H3. The van der Waals surface area contributed by atoms with E-state index >= 15 is 0 Å². The number of carbonyl (C=O) groups is 2. The van der Waals surface area contributed by atoms with Crippen LogP contribution in [-0.2, 0) is 25.7 Å². The number of hydrogen-bond donors (Lipinski definition) is 0. The number of esters is 2. The van der Waals surface area contributed by atoms with Crippen molar-refractivity contribution >= 4 is 23.3 Å². The first kappa shape index (κ1) is 14.7. The Kier molecular flexibility index (Phi) is 5.34. The fraction of sp³-hybridized carbons (Fsp3) is 0.538. The molecule has 0 N–H and O–H groups in total. The Hall–Kier alpha value is -1.36. The molecule has 0 saturated heterocycles. The van der Waals surface area contributed by atoms with E-state index in [0.717, 1.165) is 5.56 Å². The summed E-state index contributed by atoms with van der Waals surface area (Å²) in [5.74, 6) is -0.762. The minimum atomic E-state index is -0.516. The third-order valence-corrected chi connectivity index (χ3v) is 2.67. The van der Waals surface area contributed by atoms with E-state index in [9.17, 15) is 9.59 Å². The summed E-state index contributed by atoms with van der Waals surface area (Å²) in [7, 11) is 0. The average Bonchev–Trinajstić information content (AvgIpc) is 2.74. The van der Waals surface area contributed by atoms with Gasteiger partial charge in [0.15, 0.2) is 0 Å². The lowest BCUT2D eigenvalue weighted by molar-refractivity contribution is -0.158. The van der Waals surface area contributed by atoms with Crippen molar-refractivity contribution in [1.82, 2.24) is 0 Å². The molecule has 0 fully saturated rings. The maximum absolute atomic E-state index is 11.4. The smallest absolute Gasteiger partial charge is 0.306 e. The van der Waals surface area contributed by atoms with E-state index < -0.39 is 5.60 Å². The van der Waals surface area contributed by atoms with Gasteiger partial charge in [0.05, 0.1) is 12.8 Å². The van der Waals surface area contributed by atoms with Crippen LogP contribution >= 0.6 is 11.3 Å². The molecule has 0 amide bonds. The summed E-state index contributed by atoms with van der Waals surface area (Å²) in [4.78, 5) is 22.7. The average molecular weight is 270 g/mol. The maximum atomic E-state index is 11.4. The molecular formula is C13H18O4S. The molecule has 0 aliphatic rings. The highest BCUT2D eigenvalue weighted by molar-refractivity contribution is 7.07. The summed E-state index contributed by atoms with van der Waals surface area (Å²) in [5.41, 5.74) is 0.447. The largest absolute Gasteiger partial charge is 0.461 e. The van der Waals surface area contributed by atoms with Crippen LogP contribution in [0.4, 0.5) is 0 Å². The van der Waals surface area contributed by atoms with Crippen LogP contribution in [0.3, 0.4) is 0 Å². The molecule has 1 aromatic rings. The second-order valence-electron chi connectivity index (χ2n) is 4.88. The van der Waals surface area contributed by atoms with Crippen molar-refractivity contribution in [3.8, 4) is 0 Å². The van der Waals surface area contributed by atoms with Crippen molar-refractivity contribution in [3.63, 3.8) is 0 Å². The lowest BCUT2D eigenvalue weighted by Gasteiger charge is -2.19. The van der Waals surface area contributed by atoms with E-state index in [-0.39, 0.29) is 31.4 Å². The van der Waals surface area contributed by atoms with Gasteiger partial charge in [0.1, 0.15) is 12.2 Å². The molecule has 0 aliphatic heterocycles. The fourth-order valence-corrected chi connectivity index (χ4v) is 1.86. The lowest BCUT2D eigenvalue weighted by atomic mass is 10.2. The van der Waals surface area contributed by atoms with Gasteiger partial charge in [-0.25, -0.2) is 0 Å². The molecule has 1 heterocycles. The van der Waals surface area contributed by atoms with Crippen LogP contribution in [-0.4, -0.2) is 17.5 Å². The number of hydrogen-bond acceptors (Lipinski definition) is 5. The number of carbonyl (C=O) groups excluding carboxylic acids is 2. The Morgan fingerprint density at radius 2 is 1.89 bits per heavy atom. The van der Waals surface area contributed by atoms with Crippen LogP contribution in [0.1, 0.15) is 39.2 Å². The zero-order valence-electron chi connectivity index (χ0n) is 10.9. The Morgan fingerprint density at radius 3 is 2.44 bits per heavy atom. The van der Waals surface area contributed by atoms with Gasteiger partial charge in [-0.2, -0.15) is 11.3 Å². The molecule has 0 aromatic carbocycles. The van der Waals surface area contributed by atoms with E-state index in [2.05, 4.69) is 0 Å². The SMILES string of the molecule is CC(C)(C)OC(=O)CCC(=O)OCc1ccsc1. The second kappa shape index (κ2) is 6.54. The minimum Gasteiger partial charge on any atom is -0.461 e. The van der Waals surface area contributed by atoms with Crippen LogP contribution in [0.25, 0.3) is 0 Å². The van der Waals surface area contributed by atoms with Gasteiger partial charge < -0.3 is 9.47 Å². The molecule has 0 unspecified atom stereocenters. The fourth-order valence-electron chi connectivity index (χ4n) is 1.21. The normalized spacial score (nSPS) is 11.1. The third-order valence-electron chi connectivity index (χ3n) is 1.93. The first-order valence-electron chi connectivity index (χ1n) is 5.75. The summed E-state index contributed by atoms with van der Waals surface area (Å²) >= 11 is 1.55. The zero-order chi connectivity index (χ0) is 13.6. The minimum absolute atomic E-state index is 0.0546. The molecule has 0 spiro atoms. The molecule has 0 radical (unpaired) electrons. The van der Waals surface area contributed by atoms with Gasteiger partial charge in [-0.05, 0) is 37.6 Å². The first-order valence-corrected chi connectivity index (χ1v) is 6.69. The summed E-state index contributed by atoms with van der Waals surface area (Å²) in [6, 6.07) is 1.89. The quantitative estimate of drug-likeness (QED) is 0.772. The predicted molar refractivity (Wildman–Crippen MR) is 69.2 cm³/mol. The summed E-state index contributed by atoms with van der Waals surface area (Å²) in [6.07, 6.45) is 0.110. The van der Waals surface area contributed by atoms with Crippen LogP contribution in [0.2, 0.25) is 0 Å². The Morgan fingerprint density at radius 1 is 1.22 bits per heavy atom. The van der Waals surface area contributed by atoms with Crippen LogP contribution in [0, 0.1) is 0 Å². The highest BCUT2D eigenvalue weighted by Crippen LogP contribution is 2.10. The van der Waals surface area contributed by atoms with Crippen molar-refractivity contribution < 1.29 is 19.1 Å². The second-order valence-corrected chi connectivity index (χ2v) is 5.66. The topological polar surface area (TPSA) is 52.6 Å². The van der Waals surface area contributed by atoms with Gasteiger partial charge in [-0.15, -0.1) is 0 Å². The maximum Gasteiger partial charge on any atom is 0.306 e. The molecular weight excluding hydrogens is 252 g/mol. The summed E-state index contributed by atoms with van der Waals surface area (Å²) in [5, 5.41) is 3.84. The van der Waals surface area contributed by atoms with Gasteiger partial charge in [-0.1, -0.05) is 0 Å². The molecule has 0 atom stereocenters. The van der Waals surface area contributed by atoms with E-state index in [1.165, 1.54) is 0 Å². The monoisotopic (exact) mass is 270 g/mol. The summed E-state index contributed by atoms with van der Waals surface area (Å²) in [6.45, 7) is 5.63. The predicted octanol–water partition coefficient (Wildman–Crippen LogP) is 2.91. The molecule has 1 aromatic heterocycles. The molecule has 4 nitrogen and oxygen atoms in total. The molecule has 1 rings (SSSR count). The lowest BCUT2D eigenvalue weighted by Crippen LogP contribution is -2.24. The van der Waals surface area contributed by atoms with Crippen molar-refractivity contribution in [2.75, 3.05) is 0 Å². The zero-order valence-corrected chi connectivity index (χ0v) is 11.7. The molecule has 0 aliphatic carbocycles. The van der Waals surface area contributed by atoms with E-state index in [1.54, 1.807) is 32.1 Å². The van der Waals surface area contributed by atoms with Crippen molar-refractivity contribution in [1.29, 1.82) is 0 Å². The van der Waals surface area contributed by atoms with Gasteiger partial charge in [0.25, 0.3) is 0 Å². The first-order chi connectivity index (χ1) is 8.37. The van der Waals surface area contributed by atoms with Crippen molar-refractivity contribution in [2.45, 2.75) is 45.8 Å². The number of rotatable bonds is 5. The van der Waals surface area contributed by atoms with E-state index in [4.69, 9.17) is 9.47 Å². The Labute approximate surface area is 111 Å². The van der Waals surface area contributed by atoms with Crippen LogP contribution in [0.15, 0.2) is 16.8 Å². The van der Waals surface area contributed by atoms with Crippen LogP contribution < -0.4 is 0 Å². The molecule has 0 saturated carbocycles. The molecule has 5 heteroatoms. The van der Waals surface area contributed by atoms with Gasteiger partial charge in [-0.3, -0.25) is 9.59 Å². The van der Waals surface area contributed by atoms with Gasteiger partial charge >= 0.3 is 11.9 Å². The highest BCUT2D eigenvalue weighted by atomic mass is 32.1. The van der Waals surface area contributed by atoms with Crippen molar-refractivity contribution in [3.05, 3.63) is 22.4 Å². The summed E-state index contributed by atoms with van der Waals surface area (Å²) < 4.78 is 10.1. The highest BCUT2D eigenvalue weighted by Gasteiger charge is 2.17. The molecule has 0 bridgehead atoms. The molecule has 18 heavy (non-hydrogen) atoms. The number of ether oxygens (including phenoxy) is 2. The van der Waals surface area contributed by atoms with E-state index in [0.29, 0.717) is 0 Å².